The van der Waals surface area contributed by atoms with Gasteiger partial charge in [0, 0.05) is 61.2 Å². The molecular formula is C45H56B2N4O9. The third-order valence-electron chi connectivity index (χ3n) is 12.6. The van der Waals surface area contributed by atoms with Crippen molar-refractivity contribution < 1.29 is 43.3 Å². The average molecular weight is 819 g/mol. The van der Waals surface area contributed by atoms with E-state index in [1.54, 1.807) is 32.9 Å². The zero-order chi connectivity index (χ0) is 42.6. The summed E-state index contributed by atoms with van der Waals surface area (Å²) in [4.78, 5) is 34.7. The molecule has 316 valence electrons. The molecule has 0 saturated carbocycles. The van der Waals surface area contributed by atoms with Crippen LogP contribution >= 0.6 is 0 Å². The van der Waals surface area contributed by atoms with Gasteiger partial charge in [0.05, 0.1) is 24.8 Å². The van der Waals surface area contributed by atoms with Crippen LogP contribution in [0.1, 0.15) is 77.2 Å². The van der Waals surface area contributed by atoms with Crippen LogP contribution in [-0.4, -0.2) is 96.7 Å². The molecule has 0 radical (unpaired) electrons. The Morgan fingerprint density at radius 2 is 1.48 bits per heavy atom. The Balaban J connectivity index is 1.03. The van der Waals surface area contributed by atoms with Crippen molar-refractivity contribution in [3.63, 3.8) is 0 Å². The highest BCUT2D eigenvalue weighted by Crippen LogP contribution is 2.44. The molecule has 8 rings (SSSR count). The number of aryl methyl sites for hydroxylation is 2. The summed E-state index contributed by atoms with van der Waals surface area (Å²) >= 11 is 0. The molecule has 0 bridgehead atoms. The maximum atomic E-state index is 13.9. The Hall–Kier alpha value is -4.95. The highest BCUT2D eigenvalue weighted by atomic mass is 16.7. The first-order valence-electron chi connectivity index (χ1n) is 21.1. The minimum absolute atomic E-state index is 0.104. The topological polar surface area (TPSA) is 134 Å². The second-order valence-corrected chi connectivity index (χ2v) is 17.1. The highest BCUT2D eigenvalue weighted by Gasteiger charge is 2.48. The normalized spacial score (nSPS) is 23.8. The number of hydrogen-bond acceptors (Lipinski definition) is 11. The fourth-order valence-corrected chi connectivity index (χ4v) is 9.78. The molecule has 5 heterocycles. The molecule has 5 aliphatic rings. The van der Waals surface area contributed by atoms with E-state index in [1.807, 2.05) is 58.4 Å². The number of methoxy groups -OCH3 is 1. The Morgan fingerprint density at radius 3 is 2.15 bits per heavy atom. The van der Waals surface area contributed by atoms with Gasteiger partial charge >= 0.3 is 14.1 Å². The van der Waals surface area contributed by atoms with E-state index >= 15 is 0 Å². The Kier molecular flexibility index (Phi) is 11.7. The standard InChI is InChI=1S/C45H56B2N4O9/c1-26-13-31(18-32(14-26)25-59-41-21-37-34(19-40(41)56-8)44(53)48-22-27(2)15-35(48)30(5)50(37)46(6)54)24-58-39-20-36-33(16-28(39)3)23-49-38(17-29(4)43(49)52)45(51(36)47(7)55)60-42-11-9-10-12-57-42/h13-14,16,18-21,30,35,38,42,45,54-55H,2,4,9-12,15,17,22-25H2,1,3,5-8H3/t30-,35-,38-,42?,45-/m0/s1. The van der Waals surface area contributed by atoms with E-state index in [-0.39, 0.29) is 43.2 Å². The minimum atomic E-state index is -0.939. The van der Waals surface area contributed by atoms with Gasteiger partial charge in [0.2, 0.25) is 5.91 Å². The molecule has 5 aliphatic heterocycles. The second kappa shape index (κ2) is 16.8. The van der Waals surface area contributed by atoms with E-state index in [4.69, 9.17) is 23.7 Å². The molecule has 5 atom stereocenters. The molecule has 2 N–H and O–H groups in total. The summed E-state index contributed by atoms with van der Waals surface area (Å²) < 4.78 is 31.4. The van der Waals surface area contributed by atoms with Crippen LogP contribution < -0.4 is 23.8 Å². The minimum Gasteiger partial charge on any atom is -0.493 e. The maximum absolute atomic E-state index is 13.9. The maximum Gasteiger partial charge on any atom is 0.411 e. The number of nitrogens with zero attached hydrogens (tertiary/aromatic N) is 4. The zero-order valence-corrected chi connectivity index (χ0v) is 35.6. The zero-order valence-electron chi connectivity index (χ0n) is 35.6. The number of carbonyl (C=O) groups is 2. The van der Waals surface area contributed by atoms with Crippen molar-refractivity contribution in [2.75, 3.05) is 29.9 Å². The van der Waals surface area contributed by atoms with Gasteiger partial charge in [-0.1, -0.05) is 36.4 Å². The number of amides is 2. The van der Waals surface area contributed by atoms with Crippen LogP contribution in [0, 0.1) is 13.8 Å². The first-order chi connectivity index (χ1) is 28.7. The molecule has 0 aromatic heterocycles. The van der Waals surface area contributed by atoms with Crippen LogP contribution in [0.15, 0.2) is 66.8 Å². The summed E-state index contributed by atoms with van der Waals surface area (Å²) in [5.41, 5.74) is 7.97. The SMILES string of the molecule is C=C1C[C@H]2[C@H](C)N(B(C)O)c3cc(OCc4cc(C)cc(COc5cc6c(cc5C)CN5C(=O)C(=C)C[C@H]5[C@H](OC5CCCCO5)N6B(C)O)c4)c(OC)cc3C(=O)N2C1. The van der Waals surface area contributed by atoms with Crippen LogP contribution in [0.2, 0.25) is 13.6 Å². The molecular weight excluding hydrogens is 762 g/mol. The van der Waals surface area contributed by atoms with Gasteiger partial charge in [-0.15, -0.1) is 0 Å². The van der Waals surface area contributed by atoms with Crippen molar-refractivity contribution in [1.82, 2.24) is 9.80 Å². The van der Waals surface area contributed by atoms with Crippen molar-refractivity contribution in [1.29, 1.82) is 0 Å². The molecule has 60 heavy (non-hydrogen) atoms. The molecule has 3 fully saturated rings. The molecule has 0 aliphatic carbocycles. The lowest BCUT2D eigenvalue weighted by molar-refractivity contribution is -0.196. The Morgan fingerprint density at radius 1 is 0.800 bits per heavy atom. The summed E-state index contributed by atoms with van der Waals surface area (Å²) in [7, 11) is -0.241. The van der Waals surface area contributed by atoms with Gasteiger partial charge in [-0.2, -0.15) is 0 Å². The highest BCUT2D eigenvalue weighted by molar-refractivity contribution is 6.54. The fraction of sp³-hybridized carbons (Fsp3) is 0.467. The van der Waals surface area contributed by atoms with Crippen LogP contribution in [0.5, 0.6) is 17.2 Å². The fourth-order valence-electron chi connectivity index (χ4n) is 9.78. The van der Waals surface area contributed by atoms with Crippen LogP contribution in [0.4, 0.5) is 11.4 Å². The van der Waals surface area contributed by atoms with Crippen LogP contribution in [-0.2, 0) is 34.0 Å². The lowest BCUT2D eigenvalue weighted by atomic mass is 9.80. The van der Waals surface area contributed by atoms with Crippen molar-refractivity contribution in [2.24, 2.45) is 0 Å². The summed E-state index contributed by atoms with van der Waals surface area (Å²) in [5, 5.41) is 22.4. The Bertz CT molecular complexity index is 2190. The molecule has 3 aromatic carbocycles. The van der Waals surface area contributed by atoms with Crippen molar-refractivity contribution in [2.45, 2.75) is 117 Å². The van der Waals surface area contributed by atoms with Crippen molar-refractivity contribution in [3.05, 3.63) is 100 Å². The van der Waals surface area contributed by atoms with Crippen molar-refractivity contribution >= 4 is 37.3 Å². The predicted molar refractivity (Wildman–Crippen MR) is 231 cm³/mol. The third kappa shape index (κ3) is 7.88. The summed E-state index contributed by atoms with van der Waals surface area (Å²) in [6.07, 6.45) is 2.70. The number of anilines is 2. The van der Waals surface area contributed by atoms with E-state index < -0.39 is 26.6 Å². The summed E-state index contributed by atoms with van der Waals surface area (Å²) in [6.45, 7) is 19.6. The average Bonchev–Trinajstić information content (AvgIpc) is 3.67. The molecule has 15 heteroatoms. The molecule has 3 aromatic rings. The monoisotopic (exact) mass is 818 g/mol. The van der Waals surface area contributed by atoms with Gasteiger partial charge in [-0.05, 0) is 101 Å². The largest absolute Gasteiger partial charge is 0.493 e. The lowest BCUT2D eigenvalue weighted by Gasteiger charge is -2.40. The third-order valence-corrected chi connectivity index (χ3v) is 12.6. The van der Waals surface area contributed by atoms with E-state index in [1.165, 1.54) is 0 Å². The van der Waals surface area contributed by atoms with Crippen LogP contribution in [0.3, 0.4) is 0 Å². The molecule has 2 amide bonds. The van der Waals surface area contributed by atoms with E-state index in [9.17, 15) is 19.6 Å². The van der Waals surface area contributed by atoms with E-state index in [2.05, 4.69) is 25.3 Å². The van der Waals surface area contributed by atoms with Gasteiger partial charge < -0.3 is 53.2 Å². The number of rotatable bonds is 11. The summed E-state index contributed by atoms with van der Waals surface area (Å²) in [6, 6.07) is 13.0. The molecule has 13 nitrogen and oxygen atoms in total. The molecule has 3 saturated heterocycles. The number of hydrogen-bond donors (Lipinski definition) is 2. The number of ether oxygens (including phenoxy) is 5. The molecule has 0 spiro atoms. The number of fused-ring (bicyclic) bond motifs is 4. The number of benzene rings is 3. The van der Waals surface area contributed by atoms with Gasteiger partial charge in [0.25, 0.3) is 5.91 Å². The quantitative estimate of drug-likeness (QED) is 0.134. The smallest absolute Gasteiger partial charge is 0.411 e. The van der Waals surface area contributed by atoms with Crippen molar-refractivity contribution in [3.8, 4) is 17.2 Å². The first-order valence-corrected chi connectivity index (χ1v) is 21.1. The predicted octanol–water partition coefficient (Wildman–Crippen LogP) is 6.02. The second-order valence-electron chi connectivity index (χ2n) is 17.1. The lowest BCUT2D eigenvalue weighted by Crippen LogP contribution is -2.56. The Labute approximate surface area is 353 Å². The molecule has 1 unspecified atom stereocenters. The van der Waals surface area contributed by atoms with Gasteiger partial charge in [0.1, 0.15) is 25.2 Å². The van der Waals surface area contributed by atoms with E-state index in [0.717, 1.165) is 58.3 Å². The van der Waals surface area contributed by atoms with Gasteiger partial charge in [0.15, 0.2) is 17.8 Å². The first kappa shape index (κ1) is 41.8. The number of carbonyl (C=O) groups excluding carboxylic acids is 2. The van der Waals surface area contributed by atoms with E-state index in [0.29, 0.717) is 66.6 Å². The van der Waals surface area contributed by atoms with Gasteiger partial charge in [-0.25, -0.2) is 0 Å². The van der Waals surface area contributed by atoms with Gasteiger partial charge in [-0.3, -0.25) is 9.59 Å². The summed E-state index contributed by atoms with van der Waals surface area (Å²) in [5.74, 6) is 1.30. The van der Waals surface area contributed by atoms with Crippen LogP contribution in [0.25, 0.3) is 0 Å².